The van der Waals surface area contributed by atoms with Gasteiger partial charge in [0.1, 0.15) is 11.5 Å². The fraction of sp³-hybridized carbons (Fsp3) is 0.0500. The maximum atomic E-state index is 12.4. The molecule has 6 heteroatoms. The molecule has 0 bridgehead atoms. The molecule has 1 aliphatic rings. The van der Waals surface area contributed by atoms with E-state index in [1.807, 2.05) is 12.1 Å². The number of rotatable bonds is 2. The van der Waals surface area contributed by atoms with Gasteiger partial charge in [-0.05, 0) is 30.3 Å². The Labute approximate surface area is 198 Å². The number of carbonyl (C=O) groups excluding carboxylic acids is 1. The molecule has 3 aromatic carbocycles. The van der Waals surface area contributed by atoms with Gasteiger partial charge < -0.3 is 17.8 Å². The summed E-state index contributed by atoms with van der Waals surface area (Å²) in [6.07, 6.45) is 0. The van der Waals surface area contributed by atoms with Crippen LogP contribution in [0.3, 0.4) is 0 Å². The predicted molar refractivity (Wildman–Crippen MR) is 90.2 cm³/mol. The number of fused-ring (bicyclic) bond motifs is 1. The van der Waals surface area contributed by atoms with Crippen LogP contribution in [0.15, 0.2) is 72.8 Å². The van der Waals surface area contributed by atoms with E-state index in [1.165, 1.54) is 0 Å². The number of cyclic esters (lactones) is 1. The van der Waals surface area contributed by atoms with Crippen LogP contribution in [0.25, 0.3) is 0 Å². The van der Waals surface area contributed by atoms with E-state index in [0.717, 1.165) is 16.7 Å². The summed E-state index contributed by atoms with van der Waals surface area (Å²) in [6.45, 7) is 0. The van der Waals surface area contributed by atoms with Crippen LogP contribution in [0.2, 0.25) is 0 Å². The smallest absolute Gasteiger partial charge is 1.00 e. The maximum absolute atomic E-state index is 12.4. The van der Waals surface area contributed by atoms with Crippen molar-refractivity contribution >= 4 is 5.97 Å². The van der Waals surface area contributed by atoms with E-state index < -0.39 is 11.6 Å². The molecule has 0 spiro atoms. The summed E-state index contributed by atoms with van der Waals surface area (Å²) in [6, 6.07) is 20.4. The zero-order valence-corrected chi connectivity index (χ0v) is 18.6. The minimum atomic E-state index is -1.10. The number of ether oxygens (including phenoxy) is 1. The van der Waals surface area contributed by atoms with Gasteiger partial charge >= 0.3 is 65.1 Å². The van der Waals surface area contributed by atoms with Crippen LogP contribution in [0.1, 0.15) is 29.9 Å². The molecule has 1 aliphatic heterocycles. The molecule has 0 aliphatic carbocycles. The molecule has 0 atom stereocenters. The number of aromatic hydroxyl groups is 2. The van der Waals surface area contributed by atoms with Crippen molar-refractivity contribution in [1.29, 1.82) is 0 Å². The Morgan fingerprint density at radius 2 is 1.19 bits per heavy atom. The summed E-state index contributed by atoms with van der Waals surface area (Å²) in [5.41, 5.74) is 1.60. The summed E-state index contributed by atoms with van der Waals surface area (Å²) in [5.74, 6) is -0.124. The molecule has 0 saturated heterocycles. The average molecular weight is 366 g/mol. The van der Waals surface area contributed by atoms with Gasteiger partial charge in [0.2, 0.25) is 0 Å². The second-order valence-electron chi connectivity index (χ2n) is 5.71. The third-order valence-corrected chi connectivity index (χ3v) is 4.32. The molecule has 0 amide bonds. The van der Waals surface area contributed by atoms with Gasteiger partial charge in [-0.25, -0.2) is 4.79 Å². The first-order chi connectivity index (χ1) is 11.6. The second kappa shape index (κ2) is 8.17. The van der Waals surface area contributed by atoms with Gasteiger partial charge in [0.15, 0.2) is 5.60 Å². The number of esters is 1. The van der Waals surface area contributed by atoms with Crippen LogP contribution in [0, 0.1) is 0 Å². The molecule has 0 aromatic heterocycles. The molecule has 4 rings (SSSR count). The van der Waals surface area contributed by atoms with E-state index in [2.05, 4.69) is 0 Å². The molecular formula is C20H16Na2O4. The molecule has 4 nitrogen and oxygen atoms in total. The predicted octanol–water partition coefficient (Wildman–Crippen LogP) is -2.21. The Hall–Kier alpha value is -1.27. The van der Waals surface area contributed by atoms with E-state index >= 15 is 0 Å². The van der Waals surface area contributed by atoms with Crippen LogP contribution >= 0.6 is 0 Å². The van der Waals surface area contributed by atoms with Gasteiger partial charge in [0.05, 0.1) is 5.56 Å². The van der Waals surface area contributed by atoms with Crippen molar-refractivity contribution in [2.45, 2.75) is 5.60 Å². The minimum Gasteiger partial charge on any atom is -1.00 e. The molecule has 0 radical (unpaired) electrons. The Kier molecular flexibility index (Phi) is 6.61. The number of hydrogen-bond donors (Lipinski definition) is 2. The molecule has 26 heavy (non-hydrogen) atoms. The average Bonchev–Trinajstić information content (AvgIpc) is 2.91. The monoisotopic (exact) mass is 366 g/mol. The van der Waals surface area contributed by atoms with E-state index in [0.29, 0.717) is 5.56 Å². The molecule has 2 N–H and O–H groups in total. The summed E-state index contributed by atoms with van der Waals surface area (Å²) in [7, 11) is 0. The van der Waals surface area contributed by atoms with E-state index in [-0.39, 0.29) is 73.5 Å². The van der Waals surface area contributed by atoms with Crippen molar-refractivity contribution in [1.82, 2.24) is 0 Å². The summed E-state index contributed by atoms with van der Waals surface area (Å²) >= 11 is 0. The fourth-order valence-corrected chi connectivity index (χ4v) is 3.20. The van der Waals surface area contributed by atoms with Gasteiger partial charge in [0.25, 0.3) is 0 Å². The maximum Gasteiger partial charge on any atom is 1.00 e. The van der Waals surface area contributed by atoms with Crippen molar-refractivity contribution in [3.05, 3.63) is 95.1 Å². The molecule has 122 valence electrons. The van der Waals surface area contributed by atoms with E-state index in [1.54, 1.807) is 60.7 Å². The zero-order valence-electron chi connectivity index (χ0n) is 16.6. The van der Waals surface area contributed by atoms with Crippen LogP contribution in [-0.2, 0) is 10.3 Å². The zero-order chi connectivity index (χ0) is 16.7. The topological polar surface area (TPSA) is 66.8 Å². The Morgan fingerprint density at radius 1 is 0.731 bits per heavy atom. The minimum absolute atomic E-state index is 0. The van der Waals surface area contributed by atoms with Crippen molar-refractivity contribution in [3.8, 4) is 11.5 Å². The largest absolute Gasteiger partial charge is 1.00 e. The van der Waals surface area contributed by atoms with Crippen LogP contribution in [0.4, 0.5) is 0 Å². The third kappa shape index (κ3) is 3.33. The quantitative estimate of drug-likeness (QED) is 0.399. The second-order valence-corrected chi connectivity index (χ2v) is 5.71. The van der Waals surface area contributed by atoms with E-state index in [4.69, 9.17) is 4.74 Å². The van der Waals surface area contributed by atoms with Gasteiger partial charge in [-0.2, -0.15) is 0 Å². The van der Waals surface area contributed by atoms with Crippen LogP contribution < -0.4 is 59.1 Å². The van der Waals surface area contributed by atoms with Crippen molar-refractivity contribution in [2.24, 2.45) is 0 Å². The number of carbonyl (C=O) groups is 1. The van der Waals surface area contributed by atoms with Gasteiger partial charge in [0, 0.05) is 16.7 Å². The molecular weight excluding hydrogens is 350 g/mol. The summed E-state index contributed by atoms with van der Waals surface area (Å²) < 4.78 is 5.87. The van der Waals surface area contributed by atoms with Crippen LogP contribution in [-0.4, -0.2) is 16.2 Å². The number of hydrogen-bond acceptors (Lipinski definition) is 4. The summed E-state index contributed by atoms with van der Waals surface area (Å²) in [4.78, 5) is 12.4. The SMILES string of the molecule is O=C1OC(c2ccc(O)cc2)(c2ccc(O)cc2)c2ccccc21.[H-].[H-].[Na+].[Na+]. The Bertz CT molecular complexity index is 886. The molecule has 3 aromatic rings. The third-order valence-electron chi connectivity index (χ3n) is 4.32. The molecule has 1 heterocycles. The number of phenolic OH excluding ortho intramolecular Hbond substituents is 2. The van der Waals surface area contributed by atoms with Crippen molar-refractivity contribution in [3.63, 3.8) is 0 Å². The van der Waals surface area contributed by atoms with Gasteiger partial charge in [-0.3, -0.25) is 0 Å². The normalized spacial score (nSPS) is 13.8. The molecule has 0 fully saturated rings. The van der Waals surface area contributed by atoms with Gasteiger partial charge in [-0.1, -0.05) is 42.5 Å². The molecule has 0 saturated carbocycles. The van der Waals surface area contributed by atoms with Crippen molar-refractivity contribution < 1.29 is 81.7 Å². The van der Waals surface area contributed by atoms with Crippen LogP contribution in [0.5, 0.6) is 11.5 Å². The van der Waals surface area contributed by atoms with Crippen molar-refractivity contribution in [2.75, 3.05) is 0 Å². The first kappa shape index (κ1) is 21.0. The summed E-state index contributed by atoms with van der Waals surface area (Å²) in [5, 5.41) is 19.2. The fourth-order valence-electron chi connectivity index (χ4n) is 3.20. The Balaban J connectivity index is 0.00000182. The van der Waals surface area contributed by atoms with E-state index in [9.17, 15) is 15.0 Å². The number of phenols is 2. The van der Waals surface area contributed by atoms with Gasteiger partial charge in [-0.15, -0.1) is 0 Å². The number of benzene rings is 3. The molecule has 0 unspecified atom stereocenters. The first-order valence-corrected chi connectivity index (χ1v) is 7.53. The Morgan fingerprint density at radius 3 is 1.69 bits per heavy atom. The standard InChI is InChI=1S/C20H14O4.2Na.2H/c21-15-9-5-13(6-10-15)20(14-7-11-16(22)12-8-14)18-4-2-1-3-17(18)19(23)24-20;;;;/h1-12,21-22H;;;;/q;2*+1;2*-1. The first-order valence-electron chi connectivity index (χ1n) is 7.53.